The average Bonchev–Trinajstić information content (AvgIpc) is 1.49. The van der Waals surface area contributed by atoms with Crippen LogP contribution in [0, 0.1) is 29.2 Å². The van der Waals surface area contributed by atoms with E-state index in [-0.39, 0.29) is 59.2 Å². The number of hydrogen-bond donors (Lipinski definition) is 0. The Morgan fingerprint density at radius 2 is 0.678 bits per heavy atom. The van der Waals surface area contributed by atoms with Crippen LogP contribution in [0.3, 0.4) is 0 Å². The van der Waals surface area contributed by atoms with Gasteiger partial charge in [0, 0.05) is 135 Å². The average molecular weight is 2060 g/mol. The van der Waals surface area contributed by atoms with Gasteiger partial charge in [-0.25, -0.2) is 13.2 Å². The van der Waals surface area contributed by atoms with Gasteiger partial charge in [0.05, 0.1) is 41.4 Å². The summed E-state index contributed by atoms with van der Waals surface area (Å²) in [5, 5.41) is -1.52. The first kappa shape index (κ1) is 69.2. The lowest BCUT2D eigenvalue weighted by molar-refractivity contribution is -0.138. The molecule has 0 aliphatic heterocycles. The van der Waals surface area contributed by atoms with E-state index in [1.54, 1.807) is 67.3 Å². The third-order valence-electron chi connectivity index (χ3n) is 22.3. The fourth-order valence-corrected chi connectivity index (χ4v) is 17.3. The van der Waals surface area contributed by atoms with Gasteiger partial charge in [-0.3, -0.25) is 28.8 Å². The Hall–Kier alpha value is -11.9. The molecule has 0 saturated heterocycles. The highest BCUT2D eigenvalue weighted by molar-refractivity contribution is 7.98. The molecule has 9 aromatic carbocycles. The Bertz CT molecular complexity index is 8430. The van der Waals surface area contributed by atoms with Crippen LogP contribution >= 0.6 is 35.3 Å². The van der Waals surface area contributed by atoms with Crippen molar-refractivity contribution in [1.82, 2.24) is 58.1 Å². The number of alkyl halides is 9. The van der Waals surface area contributed by atoms with Crippen LogP contribution in [0.2, 0.25) is 0 Å². The van der Waals surface area contributed by atoms with E-state index in [1.165, 1.54) is 74.5 Å². The van der Waals surface area contributed by atoms with Crippen molar-refractivity contribution < 1.29 is 116 Å². The lowest BCUT2D eigenvalue weighted by atomic mass is 10.0. The molecule has 143 heavy (non-hydrogen) atoms. The summed E-state index contributed by atoms with van der Waals surface area (Å²) in [5.74, 6) is -13.0. The number of carbonyl (C=O) groups is 3. The number of hydrogen-bond acceptors (Lipinski definition) is 15. The topological polar surface area (TPSA) is 175 Å². The number of amides is 3. The van der Waals surface area contributed by atoms with Gasteiger partial charge >= 0.3 is 18.5 Å². The maximum Gasteiger partial charge on any atom is 0.416 e. The van der Waals surface area contributed by atoms with Gasteiger partial charge in [-0.1, -0.05) is 236 Å². The van der Waals surface area contributed by atoms with E-state index in [0.717, 1.165) is 100 Å². The summed E-state index contributed by atoms with van der Waals surface area (Å²) in [7, 11) is 0. The standard InChI is InChI=1S/2C37H40F4N4O2S.C36H38F4N4O2S/c2*1-4-43(5-2)18-19-44(22-26-6-10-28(11-7-26)29-12-14-30(15-13-29)37(39,40)41)34(46)23-45-33-21-25(3)20-32(33)35(47)42-36(45)48-24-27-8-16-31(38)17-9-27;1-3-42(4-2)20-21-43(22-25-8-12-27(13-9-25)28-14-16-29(17-15-28)36(38,39)40)33(45)23-44-32-7-5-6-31(32)34(46)41-35(44)47-24-26-10-18-30(37)19-11-26/h2*6-17,25H,4-5,18-24H2,1-3H3;8-19H,3-7,20-24H2,1-2H3/i6D,7D,8D,9D,10D,11D,12D,13D,14D,15D,16D,17D,20D2,21D2,23D2,25D;4D2,5D2,20D2,21D2,23D2,25D;3D2,4D2,23D2. The van der Waals surface area contributed by atoms with E-state index >= 15 is 0 Å². The van der Waals surface area contributed by atoms with E-state index in [0.29, 0.717) is 109 Å². The molecule has 15 rings (SSSR count). The lowest BCUT2D eigenvalue weighted by Gasteiger charge is -2.28. The number of thioether (sulfide) groups is 3. The zero-order chi connectivity index (χ0) is 134. The van der Waals surface area contributed by atoms with Crippen LogP contribution < -0.4 is 16.7 Å². The highest BCUT2D eigenvalue weighted by Crippen LogP contribution is 2.38. The van der Waals surface area contributed by atoms with E-state index < -0.39 is 336 Å². The maximum absolute atomic E-state index is 15.0. The Labute approximate surface area is 889 Å². The molecule has 0 bridgehead atoms. The van der Waals surface area contributed by atoms with Crippen molar-refractivity contribution in [2.24, 2.45) is 11.8 Å². The maximum atomic E-state index is 15.0. The number of benzene rings is 9. The number of rotatable bonds is 39. The molecule has 3 aliphatic rings. The fraction of sp³-hybridized carbons (Fsp3) is 0.373. The molecule has 0 spiro atoms. The third-order valence-corrected chi connectivity index (χ3v) is 25.3. The molecule has 0 N–H and O–H groups in total. The molecule has 0 fully saturated rings. The normalized spacial score (nSPS) is 20.7. The smallest absolute Gasteiger partial charge is 0.336 e. The molecule has 33 heteroatoms. The van der Waals surface area contributed by atoms with E-state index in [4.69, 9.17) is 41.1 Å². The monoisotopic (exact) mass is 2060 g/mol. The van der Waals surface area contributed by atoms with Crippen LogP contribution in [0.15, 0.2) is 248 Å². The van der Waals surface area contributed by atoms with E-state index in [2.05, 4.69) is 15.0 Å². The van der Waals surface area contributed by atoms with Crippen LogP contribution in [0.1, 0.15) is 195 Å². The van der Waals surface area contributed by atoms with Gasteiger partial charge in [0.25, 0.3) is 16.7 Å². The number of carbonyl (C=O) groups excluding carboxylic acids is 3. The Balaban J connectivity index is 0.000000220. The van der Waals surface area contributed by atoms with Crippen LogP contribution in [0.25, 0.3) is 33.4 Å². The summed E-state index contributed by atoms with van der Waals surface area (Å²) in [4.78, 5) is 103. The quantitative estimate of drug-likeness (QED) is 0.0202. The predicted molar refractivity (Wildman–Crippen MR) is 539 cm³/mol. The summed E-state index contributed by atoms with van der Waals surface area (Å²) in [6.45, 7) is -12.3. The first-order chi connectivity index (χ1) is 82.2. The Morgan fingerprint density at radius 1 is 0.364 bits per heavy atom. The third kappa shape index (κ3) is 29.7. The molecule has 3 aliphatic carbocycles. The van der Waals surface area contributed by atoms with Crippen molar-refractivity contribution in [2.45, 2.75) is 191 Å². The van der Waals surface area contributed by atoms with Crippen molar-refractivity contribution in [3.63, 3.8) is 0 Å². The minimum atomic E-state index is -5.36. The summed E-state index contributed by atoms with van der Waals surface area (Å²) < 4.78 is 474. The van der Waals surface area contributed by atoms with E-state index in [1.807, 2.05) is 0 Å². The lowest BCUT2D eigenvalue weighted by Crippen LogP contribution is -2.40. The fourth-order valence-electron chi connectivity index (χ4n) is 14.6. The van der Waals surface area contributed by atoms with Gasteiger partial charge in [-0.15, -0.1) is 0 Å². The van der Waals surface area contributed by atoms with Gasteiger partial charge in [-0.05, 0) is 235 Å². The van der Waals surface area contributed by atoms with Gasteiger partial charge in [0.2, 0.25) is 17.7 Å². The second-order valence-electron chi connectivity index (χ2n) is 31.9. The number of fused-ring (bicyclic) bond motifs is 3. The zero-order valence-electron chi connectivity index (χ0n) is 114. The first-order valence-electron chi connectivity index (χ1n) is 62.3. The minimum absolute atomic E-state index is 0.0458. The second kappa shape index (κ2) is 50.1. The predicted octanol–water partition coefficient (Wildman–Crippen LogP) is 22.2. The molecule has 756 valence electrons. The van der Waals surface area contributed by atoms with Gasteiger partial charge in [0.1, 0.15) is 36.9 Å². The van der Waals surface area contributed by atoms with Crippen LogP contribution in [-0.4, -0.2) is 154 Å². The number of nitrogens with zero attached hydrogens (tertiary/aromatic N) is 12. The second-order valence-corrected chi connectivity index (χ2v) is 34.7. The van der Waals surface area contributed by atoms with Gasteiger partial charge in [0.15, 0.2) is 15.5 Å². The first-order valence-corrected chi connectivity index (χ1v) is 47.2. The molecule has 3 aromatic heterocycles. The summed E-state index contributed by atoms with van der Waals surface area (Å²) in [6, 6.07) is 18.5. The largest absolute Gasteiger partial charge is 0.416 e. The van der Waals surface area contributed by atoms with Gasteiger partial charge in [-0.2, -0.15) is 54.5 Å². The van der Waals surface area contributed by atoms with Crippen molar-refractivity contribution in [3.05, 3.63) is 350 Å². The van der Waals surface area contributed by atoms with Crippen LogP contribution in [0.5, 0.6) is 0 Å². The Kier molecular flexibility index (Phi) is 24.2. The summed E-state index contributed by atoms with van der Waals surface area (Å²) in [5.41, 5.74) is -9.53. The molecule has 12 aromatic rings. The van der Waals surface area contributed by atoms with Crippen LogP contribution in [-0.2, 0) is 128 Å². The molecule has 2 atom stereocenters. The molecule has 18 nitrogen and oxygen atoms in total. The number of likely N-dealkylation sites (N-methyl/N-ethyl adjacent to an activating group) is 3. The SMILES string of the molecule is [2H]C([2H])(C)N(CCN(Cc1ccc(-c2ccc(C(F)(F)F)cc2)cc1)C(=O)C([2H])([2H])n1c(SCc2ccc(F)cc2)nc(=O)c2c1C([2H])([2H])C([2H])(C)C2([2H])[2H])C([2H])([2H])C.[2H]C([2H])(C)N(CCN(Cc1ccc(-c2ccc(C(F)(F)F)cc2)cc1)C(=O)C([2H])([2H])n1c(SCc2ccc(F)cc2)nc(=O)c2c1CCC2)C([2H])([2H])C.[2H]c1c([2H])c(CSc2nc(=O)c3c(n2C([2H])([2H])C(=O)N(CCN(CC)CC)Cc2c([2H])c([2H])c(-c4c([2H])c([2H])c(C(F)(F)F)c([2H])c4[2H])c([2H])c2[2H])C([2H])([2H])C([2H])(C)C3([2H])[2H])c([2H])c([2H])c1F. The molecular weight excluding hydrogens is 1910 g/mol. The van der Waals surface area contributed by atoms with Gasteiger partial charge < -0.3 is 43.1 Å². The molecule has 3 heterocycles. The Morgan fingerprint density at radius 3 is 1.03 bits per heavy atom. The highest BCUT2D eigenvalue weighted by atomic mass is 32.2. The highest BCUT2D eigenvalue weighted by Gasteiger charge is 2.36. The summed E-state index contributed by atoms with van der Waals surface area (Å²) in [6.07, 6.45) is -25.9. The van der Waals surface area contributed by atoms with Crippen molar-refractivity contribution in [1.29, 1.82) is 0 Å². The molecule has 0 saturated carbocycles. The molecular formula is C110H118F12N12O6S3. The zero-order valence-corrected chi connectivity index (χ0v) is 80.4. The minimum Gasteiger partial charge on any atom is -0.336 e. The summed E-state index contributed by atoms with van der Waals surface area (Å²) >= 11 is 1.95. The number of halogens is 12. The molecule has 0 radical (unpaired) electrons. The van der Waals surface area contributed by atoms with E-state index in [9.17, 15) is 89.7 Å². The van der Waals surface area contributed by atoms with Crippen LogP contribution in [0.4, 0.5) is 52.7 Å². The van der Waals surface area contributed by atoms with Crippen molar-refractivity contribution in [3.8, 4) is 33.4 Å². The molecule has 2 unspecified atom stereocenters. The molecule has 3 amide bonds. The number of aromatic nitrogens is 6. The van der Waals surface area contributed by atoms with Crippen molar-refractivity contribution in [2.75, 3.05) is 78.3 Å². The van der Waals surface area contributed by atoms with Crippen molar-refractivity contribution >= 4 is 53.0 Å².